The van der Waals surface area contributed by atoms with Crippen molar-refractivity contribution >= 4 is 17.5 Å². The third kappa shape index (κ3) is 6.19. The van der Waals surface area contributed by atoms with Gasteiger partial charge in [-0.05, 0) is 25.5 Å². The lowest BCUT2D eigenvalue weighted by molar-refractivity contribution is -0.118. The zero-order chi connectivity index (χ0) is 15.0. The molecule has 0 saturated heterocycles. The lowest BCUT2D eigenvalue weighted by Gasteiger charge is -2.12. The summed E-state index contributed by atoms with van der Waals surface area (Å²) in [6, 6.07) is 6.95. The number of rotatable bonds is 8. The number of primary amides is 1. The third-order valence-corrected chi connectivity index (χ3v) is 2.56. The minimum atomic E-state index is -0.511. The molecule has 0 bridgehead atoms. The van der Waals surface area contributed by atoms with E-state index in [2.05, 4.69) is 5.32 Å². The van der Waals surface area contributed by atoms with Crippen LogP contribution in [0.25, 0.3) is 0 Å². The van der Waals surface area contributed by atoms with Gasteiger partial charge in [-0.1, -0.05) is 12.1 Å². The van der Waals surface area contributed by atoms with Crippen LogP contribution < -0.4 is 15.8 Å². The van der Waals surface area contributed by atoms with Crippen LogP contribution in [0.5, 0.6) is 5.75 Å². The SMILES string of the molecule is CC(O)CCC(=O)Nc1ccccc1OCCC(N)=O. The van der Waals surface area contributed by atoms with E-state index in [-0.39, 0.29) is 25.4 Å². The van der Waals surface area contributed by atoms with Crippen LogP contribution in [0.1, 0.15) is 26.2 Å². The molecule has 0 aliphatic heterocycles. The summed E-state index contributed by atoms with van der Waals surface area (Å²) in [6.07, 6.45) is 0.233. The first-order chi connectivity index (χ1) is 9.49. The second kappa shape index (κ2) is 8.16. The van der Waals surface area contributed by atoms with E-state index in [9.17, 15) is 9.59 Å². The molecule has 2 amide bonds. The quantitative estimate of drug-likeness (QED) is 0.662. The van der Waals surface area contributed by atoms with Gasteiger partial charge in [-0.2, -0.15) is 0 Å². The molecule has 0 radical (unpaired) electrons. The first-order valence-electron chi connectivity index (χ1n) is 6.47. The molecule has 0 fully saturated rings. The fourth-order valence-corrected chi connectivity index (χ4v) is 1.51. The summed E-state index contributed by atoms with van der Waals surface area (Å²) >= 11 is 0. The summed E-state index contributed by atoms with van der Waals surface area (Å²) in [5, 5.41) is 11.9. The molecule has 110 valence electrons. The molecule has 0 aromatic heterocycles. The number of amides is 2. The Hall–Kier alpha value is -2.08. The first-order valence-corrected chi connectivity index (χ1v) is 6.47. The fourth-order valence-electron chi connectivity index (χ4n) is 1.51. The highest BCUT2D eigenvalue weighted by atomic mass is 16.5. The van der Waals surface area contributed by atoms with Gasteiger partial charge in [-0.25, -0.2) is 0 Å². The summed E-state index contributed by atoms with van der Waals surface area (Å²) < 4.78 is 5.41. The predicted octanol–water partition coefficient (Wildman–Crippen LogP) is 1.04. The maximum Gasteiger partial charge on any atom is 0.224 e. The Balaban J connectivity index is 2.56. The average molecular weight is 280 g/mol. The zero-order valence-electron chi connectivity index (χ0n) is 11.5. The van der Waals surface area contributed by atoms with Gasteiger partial charge in [-0.3, -0.25) is 9.59 Å². The predicted molar refractivity (Wildman–Crippen MR) is 75.3 cm³/mol. The van der Waals surface area contributed by atoms with Crippen LogP contribution in [0.15, 0.2) is 24.3 Å². The molecular weight excluding hydrogens is 260 g/mol. The minimum Gasteiger partial charge on any atom is -0.491 e. The Morgan fingerprint density at radius 3 is 2.70 bits per heavy atom. The number of carbonyl (C=O) groups is 2. The smallest absolute Gasteiger partial charge is 0.224 e. The molecule has 0 saturated carbocycles. The Labute approximate surface area is 117 Å². The van der Waals surface area contributed by atoms with E-state index in [1.165, 1.54) is 0 Å². The van der Waals surface area contributed by atoms with Crippen LogP contribution >= 0.6 is 0 Å². The number of carbonyl (C=O) groups excluding carboxylic acids is 2. The fraction of sp³-hybridized carbons (Fsp3) is 0.429. The van der Waals surface area contributed by atoms with Crippen molar-refractivity contribution in [3.05, 3.63) is 24.3 Å². The number of aliphatic hydroxyl groups excluding tert-OH is 1. The van der Waals surface area contributed by atoms with Gasteiger partial charge in [0.1, 0.15) is 5.75 Å². The van der Waals surface area contributed by atoms with E-state index in [4.69, 9.17) is 15.6 Å². The average Bonchev–Trinajstić information content (AvgIpc) is 2.38. The van der Waals surface area contributed by atoms with Gasteiger partial charge in [-0.15, -0.1) is 0 Å². The lowest BCUT2D eigenvalue weighted by Crippen LogP contribution is -2.16. The Bertz CT molecular complexity index is 460. The van der Waals surface area contributed by atoms with Gasteiger partial charge in [0, 0.05) is 6.42 Å². The molecule has 0 heterocycles. The van der Waals surface area contributed by atoms with Gasteiger partial charge < -0.3 is 20.9 Å². The number of ether oxygens (including phenoxy) is 1. The van der Waals surface area contributed by atoms with Crippen molar-refractivity contribution in [3.63, 3.8) is 0 Å². The zero-order valence-corrected chi connectivity index (χ0v) is 11.5. The summed E-state index contributed by atoms with van der Waals surface area (Å²) in [5.41, 5.74) is 5.57. The van der Waals surface area contributed by atoms with E-state index in [1.54, 1.807) is 31.2 Å². The number of para-hydroxylation sites is 2. The number of aliphatic hydroxyl groups is 1. The van der Waals surface area contributed by atoms with Crippen LogP contribution in [0.3, 0.4) is 0 Å². The van der Waals surface area contributed by atoms with Crippen LogP contribution in [0.4, 0.5) is 5.69 Å². The molecule has 1 aromatic carbocycles. The molecule has 6 heteroatoms. The summed E-state index contributed by atoms with van der Waals surface area (Å²) in [4.78, 5) is 22.3. The maximum absolute atomic E-state index is 11.7. The van der Waals surface area contributed by atoms with Crippen LogP contribution in [-0.2, 0) is 9.59 Å². The van der Waals surface area contributed by atoms with Crippen LogP contribution in [0, 0.1) is 0 Å². The summed E-state index contributed by atoms with van der Waals surface area (Å²) in [6.45, 7) is 1.80. The number of anilines is 1. The number of nitrogens with two attached hydrogens (primary N) is 1. The van der Waals surface area contributed by atoms with Gasteiger partial charge in [0.2, 0.25) is 11.8 Å². The van der Waals surface area contributed by atoms with E-state index < -0.39 is 12.0 Å². The van der Waals surface area contributed by atoms with Crippen molar-refractivity contribution in [2.24, 2.45) is 5.73 Å². The number of benzene rings is 1. The van der Waals surface area contributed by atoms with E-state index >= 15 is 0 Å². The van der Waals surface area contributed by atoms with Crippen LogP contribution in [0.2, 0.25) is 0 Å². The van der Waals surface area contributed by atoms with Crippen molar-refractivity contribution in [2.75, 3.05) is 11.9 Å². The molecule has 4 N–H and O–H groups in total. The molecule has 1 aromatic rings. The van der Waals surface area contributed by atoms with E-state index in [0.29, 0.717) is 17.9 Å². The largest absolute Gasteiger partial charge is 0.491 e. The molecule has 1 unspecified atom stereocenters. The number of hydrogen-bond donors (Lipinski definition) is 3. The third-order valence-electron chi connectivity index (χ3n) is 2.56. The lowest BCUT2D eigenvalue weighted by atomic mass is 10.2. The second-order valence-electron chi connectivity index (χ2n) is 4.50. The van der Waals surface area contributed by atoms with Crippen molar-refractivity contribution in [3.8, 4) is 5.75 Å². The first kappa shape index (κ1) is 16.0. The Morgan fingerprint density at radius 2 is 2.05 bits per heavy atom. The van der Waals surface area contributed by atoms with Crippen molar-refractivity contribution < 1.29 is 19.4 Å². The molecule has 1 rings (SSSR count). The van der Waals surface area contributed by atoms with E-state index in [0.717, 1.165) is 0 Å². The highest BCUT2D eigenvalue weighted by Crippen LogP contribution is 2.24. The summed E-state index contributed by atoms with van der Waals surface area (Å²) in [5.74, 6) is -0.153. The molecule has 0 aliphatic carbocycles. The maximum atomic E-state index is 11.7. The minimum absolute atomic E-state index is 0.115. The van der Waals surface area contributed by atoms with Crippen molar-refractivity contribution in [1.29, 1.82) is 0 Å². The van der Waals surface area contributed by atoms with Gasteiger partial charge in [0.05, 0.1) is 24.8 Å². The highest BCUT2D eigenvalue weighted by Gasteiger charge is 2.09. The van der Waals surface area contributed by atoms with Crippen molar-refractivity contribution in [1.82, 2.24) is 0 Å². The molecule has 6 nitrogen and oxygen atoms in total. The monoisotopic (exact) mass is 280 g/mol. The molecular formula is C14H20N2O4. The van der Waals surface area contributed by atoms with Gasteiger partial charge >= 0.3 is 0 Å². The molecule has 0 aliphatic rings. The molecule has 0 spiro atoms. The van der Waals surface area contributed by atoms with Gasteiger partial charge in [0.25, 0.3) is 0 Å². The molecule has 20 heavy (non-hydrogen) atoms. The number of nitrogens with one attached hydrogen (secondary N) is 1. The molecule has 1 atom stereocenters. The topological polar surface area (TPSA) is 102 Å². The Kier molecular flexibility index (Phi) is 6.52. The van der Waals surface area contributed by atoms with Gasteiger partial charge in [0.15, 0.2) is 0 Å². The van der Waals surface area contributed by atoms with E-state index in [1.807, 2.05) is 0 Å². The van der Waals surface area contributed by atoms with Crippen molar-refractivity contribution in [2.45, 2.75) is 32.3 Å². The Morgan fingerprint density at radius 1 is 1.35 bits per heavy atom. The normalized spacial score (nSPS) is 11.7. The summed E-state index contributed by atoms with van der Waals surface area (Å²) in [7, 11) is 0. The number of hydrogen-bond acceptors (Lipinski definition) is 4. The highest BCUT2D eigenvalue weighted by molar-refractivity contribution is 5.92. The standard InChI is InChI=1S/C14H20N2O4/c1-10(17)6-7-14(19)16-11-4-2-3-5-12(11)20-9-8-13(15)18/h2-5,10,17H,6-9H2,1H3,(H2,15,18)(H,16,19). The van der Waals surface area contributed by atoms with Crippen LogP contribution in [-0.4, -0.2) is 29.6 Å². The second-order valence-corrected chi connectivity index (χ2v) is 4.50.